The number of carbonyl (C=O) groups excluding carboxylic acids is 1. The smallest absolute Gasteiger partial charge is 0.252 e. The summed E-state index contributed by atoms with van der Waals surface area (Å²) in [4.78, 5) is 16.1. The highest BCUT2D eigenvalue weighted by Crippen LogP contribution is 2.14. The van der Waals surface area contributed by atoms with Crippen molar-refractivity contribution in [2.45, 2.75) is 6.54 Å². The third-order valence-electron chi connectivity index (χ3n) is 3.74. The van der Waals surface area contributed by atoms with Gasteiger partial charge in [0.05, 0.1) is 12.9 Å². The minimum Gasteiger partial charge on any atom is -0.478 e. The molecule has 0 atom stereocenters. The van der Waals surface area contributed by atoms with Crippen molar-refractivity contribution < 1.29 is 13.9 Å². The number of ether oxygens (including phenoxy) is 1. The Bertz CT molecular complexity index is 942. The van der Waals surface area contributed by atoms with Crippen molar-refractivity contribution in [2.75, 3.05) is 13.2 Å². The summed E-state index contributed by atoms with van der Waals surface area (Å²) in [6, 6.07) is 13.5. The summed E-state index contributed by atoms with van der Waals surface area (Å²) in [7, 11) is 0. The number of para-hydroxylation sites is 1. The first kappa shape index (κ1) is 18.2. The van der Waals surface area contributed by atoms with E-state index in [1.807, 2.05) is 22.9 Å². The van der Waals surface area contributed by atoms with E-state index in [0.717, 1.165) is 5.56 Å². The molecule has 5 nitrogen and oxygen atoms in total. The maximum Gasteiger partial charge on any atom is 0.252 e. The van der Waals surface area contributed by atoms with Gasteiger partial charge in [-0.05, 0) is 29.8 Å². The number of benzene rings is 2. The molecule has 1 amide bonds. The Morgan fingerprint density at radius 1 is 1.15 bits per heavy atom. The second-order valence-corrected chi connectivity index (χ2v) is 5.69. The van der Waals surface area contributed by atoms with Gasteiger partial charge in [0, 0.05) is 24.5 Å². The van der Waals surface area contributed by atoms with E-state index in [2.05, 4.69) is 22.1 Å². The van der Waals surface area contributed by atoms with E-state index in [1.165, 1.54) is 12.1 Å². The average molecular weight is 363 g/mol. The summed E-state index contributed by atoms with van der Waals surface area (Å²) in [6.07, 6.45) is 5.36. The van der Waals surface area contributed by atoms with Gasteiger partial charge in [-0.1, -0.05) is 36.1 Å². The highest BCUT2D eigenvalue weighted by atomic mass is 19.1. The summed E-state index contributed by atoms with van der Waals surface area (Å²) in [5, 5.41) is 2.72. The molecule has 2 aromatic carbocycles. The molecule has 3 aromatic rings. The van der Waals surface area contributed by atoms with Gasteiger partial charge in [0.2, 0.25) is 0 Å². The Morgan fingerprint density at radius 2 is 1.96 bits per heavy atom. The molecule has 0 aliphatic rings. The monoisotopic (exact) mass is 363 g/mol. The Balaban J connectivity index is 1.42. The van der Waals surface area contributed by atoms with Crippen molar-refractivity contribution in [1.82, 2.24) is 14.9 Å². The lowest BCUT2D eigenvalue weighted by atomic mass is 10.1. The maximum atomic E-state index is 13.4. The lowest BCUT2D eigenvalue weighted by Crippen LogP contribution is -2.23. The first-order valence-corrected chi connectivity index (χ1v) is 8.38. The SMILES string of the molecule is O=C(NCC#CCOc1ccccc1F)c1ccc(Cn2ccnc2)cc1. The number of hydrogen-bond donors (Lipinski definition) is 1. The molecular weight excluding hydrogens is 345 g/mol. The summed E-state index contributed by atoms with van der Waals surface area (Å²) in [5.74, 6) is 5.05. The van der Waals surface area contributed by atoms with Crippen molar-refractivity contribution in [3.8, 4) is 17.6 Å². The van der Waals surface area contributed by atoms with Crippen LogP contribution in [0.3, 0.4) is 0 Å². The number of nitrogens with one attached hydrogen (secondary N) is 1. The number of amides is 1. The molecule has 1 aromatic heterocycles. The van der Waals surface area contributed by atoms with Gasteiger partial charge in [-0.3, -0.25) is 4.79 Å². The minimum atomic E-state index is -0.427. The second-order valence-electron chi connectivity index (χ2n) is 5.69. The largest absolute Gasteiger partial charge is 0.478 e. The highest BCUT2D eigenvalue weighted by Gasteiger charge is 2.04. The Morgan fingerprint density at radius 3 is 2.70 bits per heavy atom. The molecule has 6 heteroatoms. The van der Waals surface area contributed by atoms with Crippen LogP contribution in [0.5, 0.6) is 5.75 Å². The zero-order chi connectivity index (χ0) is 18.9. The van der Waals surface area contributed by atoms with Crippen LogP contribution in [0.1, 0.15) is 15.9 Å². The lowest BCUT2D eigenvalue weighted by Gasteiger charge is -2.05. The van der Waals surface area contributed by atoms with E-state index in [1.54, 1.807) is 36.8 Å². The van der Waals surface area contributed by atoms with E-state index < -0.39 is 5.82 Å². The summed E-state index contributed by atoms with van der Waals surface area (Å²) >= 11 is 0. The number of aromatic nitrogens is 2. The van der Waals surface area contributed by atoms with Crippen LogP contribution in [-0.4, -0.2) is 28.6 Å². The molecule has 0 unspecified atom stereocenters. The molecule has 1 heterocycles. The molecule has 0 saturated heterocycles. The van der Waals surface area contributed by atoms with E-state index in [4.69, 9.17) is 4.74 Å². The Hall–Kier alpha value is -3.59. The van der Waals surface area contributed by atoms with Crippen LogP contribution in [-0.2, 0) is 6.54 Å². The highest BCUT2D eigenvalue weighted by molar-refractivity contribution is 5.94. The van der Waals surface area contributed by atoms with Gasteiger partial charge in [-0.25, -0.2) is 9.37 Å². The van der Waals surface area contributed by atoms with E-state index >= 15 is 0 Å². The van der Waals surface area contributed by atoms with Crippen LogP contribution in [0.4, 0.5) is 4.39 Å². The molecule has 27 heavy (non-hydrogen) atoms. The van der Waals surface area contributed by atoms with Crippen LogP contribution in [0.25, 0.3) is 0 Å². The minimum absolute atomic E-state index is 0.0553. The molecule has 0 saturated carbocycles. The molecule has 3 rings (SSSR count). The van der Waals surface area contributed by atoms with Crippen LogP contribution >= 0.6 is 0 Å². The fourth-order valence-corrected chi connectivity index (χ4v) is 2.37. The van der Waals surface area contributed by atoms with Gasteiger partial charge in [0.1, 0.15) is 6.61 Å². The molecule has 1 N–H and O–H groups in total. The number of hydrogen-bond acceptors (Lipinski definition) is 3. The predicted octanol–water partition coefficient (Wildman–Crippen LogP) is 2.88. The average Bonchev–Trinajstić information content (AvgIpc) is 3.19. The van der Waals surface area contributed by atoms with Crippen molar-refractivity contribution in [3.05, 3.63) is 84.2 Å². The van der Waals surface area contributed by atoms with Crippen LogP contribution in [0.2, 0.25) is 0 Å². The van der Waals surface area contributed by atoms with Crippen molar-refractivity contribution in [3.63, 3.8) is 0 Å². The van der Waals surface area contributed by atoms with Crippen LogP contribution in [0, 0.1) is 17.7 Å². The first-order chi connectivity index (χ1) is 13.2. The van der Waals surface area contributed by atoms with Crippen molar-refractivity contribution >= 4 is 5.91 Å². The topological polar surface area (TPSA) is 56.1 Å². The standard InChI is InChI=1S/C21H18FN3O2/c22-19-5-1-2-6-20(19)27-14-4-3-11-24-21(26)18-9-7-17(8-10-18)15-25-13-12-23-16-25/h1-2,5-10,12-13,16H,11,14-15H2,(H,24,26). The number of rotatable bonds is 6. The van der Waals surface area contributed by atoms with E-state index in [9.17, 15) is 9.18 Å². The number of halogens is 1. The molecule has 136 valence electrons. The summed E-state index contributed by atoms with van der Waals surface area (Å²) in [6.45, 7) is 0.950. The number of imidazole rings is 1. The Labute approximate surface area is 156 Å². The van der Waals surface area contributed by atoms with Gasteiger partial charge >= 0.3 is 0 Å². The van der Waals surface area contributed by atoms with Crippen molar-refractivity contribution in [1.29, 1.82) is 0 Å². The third kappa shape index (κ3) is 5.44. The number of nitrogens with zero attached hydrogens (tertiary/aromatic N) is 2. The first-order valence-electron chi connectivity index (χ1n) is 8.38. The number of carbonyl (C=O) groups is 1. The molecular formula is C21H18FN3O2. The zero-order valence-corrected chi connectivity index (χ0v) is 14.6. The van der Waals surface area contributed by atoms with E-state index in [0.29, 0.717) is 12.1 Å². The molecule has 0 aliphatic heterocycles. The molecule has 0 bridgehead atoms. The van der Waals surface area contributed by atoms with Crippen molar-refractivity contribution in [2.24, 2.45) is 0 Å². The fraction of sp³-hybridized carbons (Fsp3) is 0.143. The third-order valence-corrected chi connectivity index (χ3v) is 3.74. The summed E-state index contributed by atoms with van der Waals surface area (Å²) < 4.78 is 20.5. The van der Waals surface area contributed by atoms with Gasteiger partial charge in [-0.15, -0.1) is 0 Å². The Kier molecular flexibility index (Phi) is 6.21. The van der Waals surface area contributed by atoms with Gasteiger partial charge in [0.25, 0.3) is 5.91 Å². The molecule has 0 fully saturated rings. The van der Waals surface area contributed by atoms with Gasteiger partial charge in [0.15, 0.2) is 11.6 Å². The van der Waals surface area contributed by atoms with Crippen LogP contribution < -0.4 is 10.1 Å². The normalized spacial score (nSPS) is 9.96. The van der Waals surface area contributed by atoms with Gasteiger partial charge in [-0.2, -0.15) is 0 Å². The van der Waals surface area contributed by atoms with Gasteiger partial charge < -0.3 is 14.6 Å². The zero-order valence-electron chi connectivity index (χ0n) is 14.6. The quantitative estimate of drug-likeness (QED) is 0.685. The molecule has 0 aliphatic carbocycles. The molecule has 0 spiro atoms. The lowest BCUT2D eigenvalue weighted by molar-refractivity contribution is 0.0958. The van der Waals surface area contributed by atoms with Crippen LogP contribution in [0.15, 0.2) is 67.3 Å². The second kappa shape index (κ2) is 9.20. The van der Waals surface area contributed by atoms with E-state index in [-0.39, 0.29) is 24.8 Å². The maximum absolute atomic E-state index is 13.4. The fourth-order valence-electron chi connectivity index (χ4n) is 2.37. The molecule has 0 radical (unpaired) electrons. The summed E-state index contributed by atoms with van der Waals surface area (Å²) in [5.41, 5.74) is 1.64. The predicted molar refractivity (Wildman–Crippen MR) is 99.8 cm³/mol.